The van der Waals surface area contributed by atoms with Gasteiger partial charge in [0.25, 0.3) is 11.8 Å². The molecule has 1 atom stereocenters. The third-order valence-corrected chi connectivity index (χ3v) is 8.17. The first-order valence-electron chi connectivity index (χ1n) is 12.0. The number of sulfonamides is 1. The highest BCUT2D eigenvalue weighted by molar-refractivity contribution is 7.90. The lowest BCUT2D eigenvalue weighted by Crippen LogP contribution is -2.31. The Morgan fingerprint density at radius 1 is 0.853 bits per heavy atom. The molecule has 1 heterocycles. The van der Waals surface area contributed by atoms with Crippen LogP contribution in [-0.2, 0) is 10.0 Å². The predicted octanol–water partition coefficient (Wildman–Crippen LogP) is 4.91. The second-order valence-corrected chi connectivity index (χ2v) is 11.4. The number of imide groups is 1. The van der Waals surface area contributed by atoms with E-state index >= 15 is 0 Å². The number of fused-ring (bicyclic) bond motifs is 1. The summed E-state index contributed by atoms with van der Waals surface area (Å²) in [5, 5.41) is 2.87. The van der Waals surface area contributed by atoms with Gasteiger partial charge in [0.15, 0.2) is 0 Å². The number of carbonyl (C=O) groups is 2. The summed E-state index contributed by atoms with van der Waals surface area (Å²) in [6.45, 7) is 8.72. The van der Waals surface area contributed by atoms with E-state index in [1.807, 2.05) is 30.3 Å². The van der Waals surface area contributed by atoms with Gasteiger partial charge in [-0.2, -0.15) is 0 Å². The Bertz CT molecular complexity index is 1130. The minimum atomic E-state index is -3.21. The fourth-order valence-electron chi connectivity index (χ4n) is 3.81. The molecule has 1 aliphatic rings. The van der Waals surface area contributed by atoms with E-state index in [4.69, 9.17) is 0 Å². The van der Waals surface area contributed by atoms with Crippen molar-refractivity contribution in [2.24, 2.45) is 0 Å². The van der Waals surface area contributed by atoms with Gasteiger partial charge in [-0.05, 0) is 74.9 Å². The fraction of sp³-hybridized carbons (Fsp3) is 0.462. The second-order valence-electron chi connectivity index (χ2n) is 9.08. The maximum absolute atomic E-state index is 13.0. The molecule has 184 valence electrons. The molecule has 0 fully saturated rings. The number of amides is 2. The van der Waals surface area contributed by atoms with Crippen molar-refractivity contribution >= 4 is 33.2 Å². The highest BCUT2D eigenvalue weighted by Crippen LogP contribution is 2.31. The molecule has 2 aromatic rings. The zero-order valence-electron chi connectivity index (χ0n) is 20.4. The molecule has 2 aromatic carbocycles. The Morgan fingerprint density at radius 2 is 1.50 bits per heavy atom. The van der Waals surface area contributed by atoms with Crippen molar-refractivity contribution < 1.29 is 18.0 Å². The average molecular weight is 486 g/mol. The largest absolute Gasteiger partial charge is 0.385 e. The first kappa shape index (κ1) is 25.9. The van der Waals surface area contributed by atoms with Gasteiger partial charge in [0, 0.05) is 18.8 Å². The van der Waals surface area contributed by atoms with Gasteiger partial charge < -0.3 is 5.32 Å². The first-order chi connectivity index (χ1) is 16.2. The van der Waals surface area contributed by atoms with E-state index in [9.17, 15) is 18.0 Å². The predicted molar refractivity (Wildman–Crippen MR) is 137 cm³/mol. The van der Waals surface area contributed by atoms with Crippen LogP contribution in [0.4, 0.5) is 11.4 Å². The summed E-state index contributed by atoms with van der Waals surface area (Å²) in [5.74, 6) is -0.182. The molecule has 34 heavy (non-hydrogen) atoms. The Labute approximate surface area is 203 Å². The van der Waals surface area contributed by atoms with Crippen molar-refractivity contribution in [3.05, 3.63) is 59.2 Å². The van der Waals surface area contributed by atoms with Crippen molar-refractivity contribution in [2.75, 3.05) is 23.3 Å². The molecule has 3 rings (SSSR count). The molecule has 0 aromatic heterocycles. The van der Waals surface area contributed by atoms with Crippen LogP contribution in [-0.4, -0.2) is 38.6 Å². The minimum absolute atomic E-state index is 0.299. The van der Waals surface area contributed by atoms with E-state index in [0.717, 1.165) is 31.4 Å². The van der Waals surface area contributed by atoms with Crippen LogP contribution in [0.2, 0.25) is 0 Å². The molecule has 0 bridgehead atoms. The fourth-order valence-corrected chi connectivity index (χ4v) is 4.58. The number of unbranched alkanes of at least 4 members (excludes halogenated alkanes) is 2. The Balaban J connectivity index is 1.54. The van der Waals surface area contributed by atoms with Crippen molar-refractivity contribution in [1.29, 1.82) is 0 Å². The van der Waals surface area contributed by atoms with Gasteiger partial charge in [0.2, 0.25) is 10.0 Å². The van der Waals surface area contributed by atoms with Crippen LogP contribution in [0.25, 0.3) is 0 Å². The number of anilines is 2. The van der Waals surface area contributed by atoms with Crippen LogP contribution in [0.15, 0.2) is 42.5 Å². The number of carbonyl (C=O) groups excluding carboxylic acids is 2. The molecule has 7 nitrogen and oxygen atoms in total. The lowest BCUT2D eigenvalue weighted by molar-refractivity contribution is 0.0926. The highest BCUT2D eigenvalue weighted by Gasteiger charge is 2.36. The Kier molecular flexibility index (Phi) is 8.49. The molecular formula is C26H35N3O4S. The van der Waals surface area contributed by atoms with E-state index < -0.39 is 15.3 Å². The third-order valence-electron chi connectivity index (χ3n) is 6.33. The van der Waals surface area contributed by atoms with E-state index in [1.165, 1.54) is 10.5 Å². The number of nitrogens with one attached hydrogen (secondary N) is 2. The quantitative estimate of drug-likeness (QED) is 0.329. The topological polar surface area (TPSA) is 95.6 Å². The Hall–Kier alpha value is -2.71. The summed E-state index contributed by atoms with van der Waals surface area (Å²) in [4.78, 5) is 27.2. The smallest absolute Gasteiger partial charge is 0.266 e. The highest BCUT2D eigenvalue weighted by atomic mass is 32.2. The molecule has 0 spiro atoms. The normalized spacial score (nSPS) is 14.6. The third kappa shape index (κ3) is 5.85. The van der Waals surface area contributed by atoms with E-state index in [2.05, 4.69) is 23.9 Å². The number of benzene rings is 2. The maximum atomic E-state index is 13.0. The lowest BCUT2D eigenvalue weighted by atomic mass is 9.98. The van der Waals surface area contributed by atoms with Crippen LogP contribution in [0.1, 0.15) is 85.6 Å². The van der Waals surface area contributed by atoms with E-state index in [1.54, 1.807) is 26.0 Å². The molecule has 0 aliphatic carbocycles. The zero-order valence-corrected chi connectivity index (χ0v) is 21.2. The van der Waals surface area contributed by atoms with Gasteiger partial charge in [-0.3, -0.25) is 9.59 Å². The van der Waals surface area contributed by atoms with Gasteiger partial charge >= 0.3 is 0 Å². The van der Waals surface area contributed by atoms with Crippen LogP contribution < -0.4 is 14.9 Å². The summed E-state index contributed by atoms with van der Waals surface area (Å²) in [7, 11) is -3.21. The minimum Gasteiger partial charge on any atom is -0.385 e. The molecule has 2 amide bonds. The monoisotopic (exact) mass is 485 g/mol. The van der Waals surface area contributed by atoms with Crippen LogP contribution in [0.5, 0.6) is 0 Å². The molecule has 1 unspecified atom stereocenters. The number of rotatable bonds is 12. The molecule has 1 aliphatic heterocycles. The van der Waals surface area contributed by atoms with Crippen LogP contribution in [0.3, 0.4) is 0 Å². The van der Waals surface area contributed by atoms with Gasteiger partial charge in [0.1, 0.15) is 0 Å². The lowest BCUT2D eigenvalue weighted by Gasteiger charge is -2.15. The average Bonchev–Trinajstić information content (AvgIpc) is 3.07. The molecule has 0 saturated carbocycles. The van der Waals surface area contributed by atoms with Crippen molar-refractivity contribution in [2.45, 2.75) is 64.5 Å². The van der Waals surface area contributed by atoms with Crippen molar-refractivity contribution in [3.8, 4) is 0 Å². The summed E-state index contributed by atoms with van der Waals surface area (Å²) in [5.41, 5.74) is 3.38. The number of nitrogens with zero attached hydrogens (tertiary/aromatic N) is 1. The number of hydrogen-bond acceptors (Lipinski definition) is 5. The SMILES string of the molecule is CCC(C)c1ccc(N2C(=O)c3ccc(NCCCCCNS(=O)(=O)C(C)C)cc3C2=O)cc1. The summed E-state index contributed by atoms with van der Waals surface area (Å²) in [6, 6.07) is 12.9. The zero-order chi connectivity index (χ0) is 24.9. The number of hydrogen-bond donors (Lipinski definition) is 2. The van der Waals surface area contributed by atoms with Crippen LogP contribution in [0, 0.1) is 0 Å². The molecule has 0 saturated heterocycles. The standard InChI is InChI=1S/C26H35N3O4S/c1-5-19(4)20-9-12-22(13-10-20)29-25(30)23-14-11-21(17-24(23)26(29)31)27-15-7-6-8-16-28-34(32,33)18(2)3/h9-14,17-19,27-28H,5-8,15-16H2,1-4H3. The molecule has 8 heteroatoms. The van der Waals surface area contributed by atoms with Crippen molar-refractivity contribution in [3.63, 3.8) is 0 Å². The maximum Gasteiger partial charge on any atom is 0.266 e. The second kappa shape index (κ2) is 11.1. The van der Waals surface area contributed by atoms with Crippen molar-refractivity contribution in [1.82, 2.24) is 4.72 Å². The molecule has 2 N–H and O–H groups in total. The first-order valence-corrected chi connectivity index (χ1v) is 13.6. The van der Waals surface area contributed by atoms with Gasteiger partial charge in [0.05, 0.1) is 22.1 Å². The Morgan fingerprint density at radius 3 is 2.15 bits per heavy atom. The molecule has 0 radical (unpaired) electrons. The summed E-state index contributed by atoms with van der Waals surface area (Å²) >= 11 is 0. The van der Waals surface area contributed by atoms with E-state index in [0.29, 0.717) is 35.8 Å². The summed E-state index contributed by atoms with van der Waals surface area (Å²) in [6.07, 6.45) is 3.52. The van der Waals surface area contributed by atoms with Gasteiger partial charge in [-0.1, -0.05) is 32.4 Å². The molecular weight excluding hydrogens is 450 g/mol. The van der Waals surface area contributed by atoms with Gasteiger partial charge in [-0.15, -0.1) is 0 Å². The summed E-state index contributed by atoms with van der Waals surface area (Å²) < 4.78 is 26.1. The van der Waals surface area contributed by atoms with E-state index in [-0.39, 0.29) is 11.8 Å². The van der Waals surface area contributed by atoms with Gasteiger partial charge in [-0.25, -0.2) is 18.0 Å². The van der Waals surface area contributed by atoms with Crippen LogP contribution >= 0.6 is 0 Å².